The highest BCUT2D eigenvalue weighted by Gasteiger charge is 2.38. The van der Waals surface area contributed by atoms with Crippen LogP contribution in [0.25, 0.3) is 0 Å². The SMILES string of the molecule is Cc1ccc(S(=O)(=O)N2C[C@@H](C(=O)N[C@@H](C)c3ccc(S(C)(=O)=O)cc3)Oc3ccc(C(C)(C)C)cc32)cc1. The van der Waals surface area contributed by atoms with E-state index in [1.165, 1.54) is 16.4 Å². The van der Waals surface area contributed by atoms with Crippen LogP contribution in [0.4, 0.5) is 5.69 Å². The Balaban J connectivity index is 1.66. The summed E-state index contributed by atoms with van der Waals surface area (Å²) in [6.07, 6.45) is 0.0303. The van der Waals surface area contributed by atoms with Gasteiger partial charge in [-0.1, -0.05) is 56.7 Å². The molecule has 1 aliphatic heterocycles. The minimum Gasteiger partial charge on any atom is -0.476 e. The molecule has 208 valence electrons. The molecule has 0 spiro atoms. The van der Waals surface area contributed by atoms with Gasteiger partial charge in [0.15, 0.2) is 15.9 Å². The Hall–Kier alpha value is -3.37. The zero-order valence-corrected chi connectivity index (χ0v) is 24.6. The summed E-state index contributed by atoms with van der Waals surface area (Å²) in [5, 5.41) is 2.87. The first kappa shape index (κ1) is 28.6. The van der Waals surface area contributed by atoms with E-state index in [4.69, 9.17) is 4.74 Å². The van der Waals surface area contributed by atoms with Crippen molar-refractivity contribution in [3.8, 4) is 5.75 Å². The summed E-state index contributed by atoms with van der Waals surface area (Å²) < 4.78 is 58.5. The lowest BCUT2D eigenvalue weighted by atomic mass is 9.86. The maximum Gasteiger partial charge on any atom is 0.264 e. The molecule has 0 saturated heterocycles. The monoisotopic (exact) mass is 570 g/mol. The van der Waals surface area contributed by atoms with Crippen molar-refractivity contribution < 1.29 is 26.4 Å². The maximum absolute atomic E-state index is 13.8. The van der Waals surface area contributed by atoms with Crippen molar-refractivity contribution in [2.24, 2.45) is 0 Å². The summed E-state index contributed by atoms with van der Waals surface area (Å²) in [5.74, 6) is -0.181. The van der Waals surface area contributed by atoms with Gasteiger partial charge in [0, 0.05) is 6.26 Å². The van der Waals surface area contributed by atoms with E-state index in [0.29, 0.717) is 17.0 Å². The van der Waals surface area contributed by atoms with E-state index in [2.05, 4.69) is 5.32 Å². The maximum atomic E-state index is 13.8. The van der Waals surface area contributed by atoms with Gasteiger partial charge in [0.25, 0.3) is 15.9 Å². The van der Waals surface area contributed by atoms with Gasteiger partial charge in [-0.2, -0.15) is 0 Å². The van der Waals surface area contributed by atoms with Gasteiger partial charge in [-0.25, -0.2) is 16.8 Å². The normalized spacial score (nSPS) is 16.7. The Morgan fingerprint density at radius 1 is 0.949 bits per heavy atom. The van der Waals surface area contributed by atoms with Crippen LogP contribution >= 0.6 is 0 Å². The molecule has 4 rings (SSSR count). The summed E-state index contributed by atoms with van der Waals surface area (Å²) >= 11 is 0. The number of ether oxygens (including phenoxy) is 1. The van der Waals surface area contributed by atoms with Gasteiger partial charge in [-0.3, -0.25) is 9.10 Å². The molecule has 1 amide bonds. The number of benzene rings is 3. The van der Waals surface area contributed by atoms with Crippen molar-refractivity contribution >= 4 is 31.5 Å². The van der Waals surface area contributed by atoms with Gasteiger partial charge < -0.3 is 10.1 Å². The van der Waals surface area contributed by atoms with Crippen molar-refractivity contribution in [2.75, 3.05) is 17.1 Å². The van der Waals surface area contributed by atoms with Crippen LogP contribution in [-0.2, 0) is 30.1 Å². The van der Waals surface area contributed by atoms with Gasteiger partial charge in [0.1, 0.15) is 5.75 Å². The number of fused-ring (bicyclic) bond motifs is 1. The molecule has 0 saturated carbocycles. The van der Waals surface area contributed by atoms with Crippen LogP contribution in [0.5, 0.6) is 5.75 Å². The minimum atomic E-state index is -4.00. The van der Waals surface area contributed by atoms with Crippen LogP contribution in [0, 0.1) is 6.92 Å². The van der Waals surface area contributed by atoms with Gasteiger partial charge in [-0.15, -0.1) is 0 Å². The molecule has 1 aliphatic rings. The van der Waals surface area contributed by atoms with E-state index >= 15 is 0 Å². The van der Waals surface area contributed by atoms with E-state index in [-0.39, 0.29) is 21.8 Å². The molecule has 0 unspecified atom stereocenters. The molecule has 1 N–H and O–H groups in total. The Labute approximate surface area is 231 Å². The summed E-state index contributed by atoms with van der Waals surface area (Å²) in [6, 6.07) is 17.8. The van der Waals surface area contributed by atoms with E-state index in [1.54, 1.807) is 55.5 Å². The third kappa shape index (κ3) is 6.12. The zero-order valence-electron chi connectivity index (χ0n) is 22.9. The number of hydrogen-bond donors (Lipinski definition) is 1. The number of amides is 1. The second-order valence-corrected chi connectivity index (χ2v) is 14.8. The van der Waals surface area contributed by atoms with Crippen molar-refractivity contribution in [1.82, 2.24) is 5.32 Å². The molecule has 39 heavy (non-hydrogen) atoms. The zero-order chi connectivity index (χ0) is 28.8. The smallest absolute Gasteiger partial charge is 0.264 e. The number of aryl methyl sites for hydroxylation is 1. The van der Waals surface area contributed by atoms with Crippen LogP contribution < -0.4 is 14.4 Å². The van der Waals surface area contributed by atoms with Gasteiger partial charge >= 0.3 is 0 Å². The highest BCUT2D eigenvalue weighted by molar-refractivity contribution is 7.92. The van der Waals surface area contributed by atoms with Crippen LogP contribution in [0.2, 0.25) is 0 Å². The molecule has 0 bridgehead atoms. The molecule has 8 nitrogen and oxygen atoms in total. The number of anilines is 1. The molecule has 2 atom stereocenters. The van der Waals surface area contributed by atoms with E-state index in [1.807, 2.05) is 33.8 Å². The lowest BCUT2D eigenvalue weighted by Crippen LogP contribution is -2.51. The number of carbonyl (C=O) groups excluding carboxylic acids is 1. The molecule has 0 fully saturated rings. The highest BCUT2D eigenvalue weighted by atomic mass is 32.2. The predicted molar refractivity (Wildman–Crippen MR) is 151 cm³/mol. The molecule has 10 heteroatoms. The fraction of sp³-hybridized carbons (Fsp3) is 0.345. The standard InChI is InChI=1S/C29H34N2O6S2/c1-19-7-12-24(13-8-19)39(35,36)31-18-27(37-26-16-11-22(17-25(26)31)29(3,4)5)28(32)30-20(2)21-9-14-23(15-10-21)38(6,33)34/h7-17,20,27H,18H2,1-6H3,(H,30,32)/t20-,27-/m0/s1. The molecule has 0 aromatic heterocycles. The third-order valence-electron chi connectivity index (χ3n) is 6.76. The summed E-state index contributed by atoms with van der Waals surface area (Å²) in [7, 11) is -7.35. The largest absolute Gasteiger partial charge is 0.476 e. The molecule has 0 radical (unpaired) electrons. The quantitative estimate of drug-likeness (QED) is 0.466. The summed E-state index contributed by atoms with van der Waals surface area (Å²) in [4.78, 5) is 13.7. The number of nitrogens with zero attached hydrogens (tertiary/aromatic N) is 1. The Kier molecular flexibility index (Phi) is 7.57. The van der Waals surface area contributed by atoms with Crippen LogP contribution in [0.1, 0.15) is 50.4 Å². The average Bonchev–Trinajstić information content (AvgIpc) is 2.86. The van der Waals surface area contributed by atoms with Gasteiger partial charge in [-0.05, 0) is 66.8 Å². The molecule has 3 aromatic rings. The highest BCUT2D eigenvalue weighted by Crippen LogP contribution is 2.40. The van der Waals surface area contributed by atoms with Crippen molar-refractivity contribution in [3.05, 3.63) is 83.4 Å². The fourth-order valence-electron chi connectivity index (χ4n) is 4.31. The van der Waals surface area contributed by atoms with Gasteiger partial charge in [0.05, 0.1) is 28.1 Å². The fourth-order valence-corrected chi connectivity index (χ4v) is 6.41. The van der Waals surface area contributed by atoms with Crippen molar-refractivity contribution in [3.63, 3.8) is 0 Å². The Bertz CT molecular complexity index is 1590. The Morgan fingerprint density at radius 2 is 1.54 bits per heavy atom. The second-order valence-electron chi connectivity index (χ2n) is 11.0. The number of hydrogen-bond acceptors (Lipinski definition) is 6. The molecule has 1 heterocycles. The van der Waals surface area contributed by atoms with Gasteiger partial charge in [0.2, 0.25) is 0 Å². The van der Waals surface area contributed by atoms with E-state index in [0.717, 1.165) is 17.4 Å². The van der Waals surface area contributed by atoms with Crippen molar-refractivity contribution in [1.29, 1.82) is 0 Å². The molecular weight excluding hydrogens is 536 g/mol. The van der Waals surface area contributed by atoms with Crippen LogP contribution in [0.3, 0.4) is 0 Å². The Morgan fingerprint density at radius 3 is 2.10 bits per heavy atom. The summed E-state index contributed by atoms with van der Waals surface area (Å²) in [5.41, 5.74) is 2.72. The minimum absolute atomic E-state index is 0.126. The predicted octanol–water partition coefficient (Wildman–Crippen LogP) is 4.53. The first-order valence-electron chi connectivity index (χ1n) is 12.6. The topological polar surface area (TPSA) is 110 Å². The number of sulfonamides is 1. The van der Waals surface area contributed by atoms with Crippen molar-refractivity contribution in [2.45, 2.75) is 62.0 Å². The molecule has 0 aliphatic carbocycles. The summed E-state index contributed by atoms with van der Waals surface area (Å²) in [6.45, 7) is 9.56. The lowest BCUT2D eigenvalue weighted by molar-refractivity contribution is -0.128. The molecular formula is C29H34N2O6S2. The molecule has 3 aromatic carbocycles. The van der Waals surface area contributed by atoms with E-state index in [9.17, 15) is 21.6 Å². The first-order valence-corrected chi connectivity index (χ1v) is 15.9. The second kappa shape index (κ2) is 10.3. The first-order chi connectivity index (χ1) is 18.1. The number of carbonyl (C=O) groups is 1. The lowest BCUT2D eigenvalue weighted by Gasteiger charge is -2.36. The van der Waals surface area contributed by atoms with Crippen LogP contribution in [0.15, 0.2) is 76.5 Å². The van der Waals surface area contributed by atoms with E-state index < -0.39 is 37.9 Å². The van der Waals surface area contributed by atoms with Crippen LogP contribution in [-0.4, -0.2) is 41.6 Å². The third-order valence-corrected chi connectivity index (χ3v) is 9.69. The number of sulfone groups is 1. The average molecular weight is 571 g/mol. The number of nitrogens with one attached hydrogen (secondary N) is 1. The number of rotatable bonds is 6.